The number of allylic oxidation sites excluding steroid dienone is 3. The molecule has 3 aliphatic carbocycles. The van der Waals surface area contributed by atoms with Crippen LogP contribution < -0.4 is 0 Å². The first-order valence-electron chi connectivity index (χ1n) is 3.64. The summed E-state index contributed by atoms with van der Waals surface area (Å²) < 4.78 is 0. The molecule has 1 saturated carbocycles. The lowest BCUT2D eigenvalue weighted by molar-refractivity contribution is 0.256. The van der Waals surface area contributed by atoms with Crippen molar-refractivity contribution in [2.45, 2.75) is 19.8 Å². The Kier molecular flexibility index (Phi) is 1.76. The topological polar surface area (TPSA) is 0 Å². The molecule has 0 nitrogen and oxygen atoms in total. The van der Waals surface area contributed by atoms with Gasteiger partial charge in [-0.3, -0.25) is 0 Å². The van der Waals surface area contributed by atoms with E-state index in [9.17, 15) is 0 Å². The third-order valence-electron chi connectivity index (χ3n) is 2.72. The van der Waals surface area contributed by atoms with Gasteiger partial charge in [-0.15, -0.1) is 0 Å². The van der Waals surface area contributed by atoms with Crippen molar-refractivity contribution in [3.63, 3.8) is 0 Å². The summed E-state index contributed by atoms with van der Waals surface area (Å²) >= 11 is 0. The Bertz CT molecular complexity index is 185. The Morgan fingerprint density at radius 2 is 2.00 bits per heavy atom. The van der Waals surface area contributed by atoms with Gasteiger partial charge in [-0.2, -0.15) is 0 Å². The van der Waals surface area contributed by atoms with Crippen LogP contribution in [-0.4, -0.2) is 8.41 Å². The average Bonchev–Trinajstić information content (AvgIpc) is 1.57. The fraction of sp³-hybridized carbons (Fsp3) is 0.556. The van der Waals surface area contributed by atoms with Gasteiger partial charge in [-0.1, -0.05) is 23.8 Å². The molecular formula is C9H12B. The van der Waals surface area contributed by atoms with Crippen molar-refractivity contribution in [1.29, 1.82) is 0 Å². The Hall–Kier alpha value is -0.455. The Morgan fingerprint density at radius 1 is 1.40 bits per heavy atom. The summed E-state index contributed by atoms with van der Waals surface area (Å²) in [6.07, 6.45) is 5.05. The highest BCUT2D eigenvalue weighted by Gasteiger charge is 2.34. The summed E-state index contributed by atoms with van der Waals surface area (Å²) in [6, 6.07) is 0. The zero-order valence-corrected chi connectivity index (χ0v) is 6.43. The average molecular weight is 131 g/mol. The first-order valence-corrected chi connectivity index (χ1v) is 3.64. The molecule has 0 aromatic heterocycles. The van der Waals surface area contributed by atoms with E-state index in [0.717, 1.165) is 11.8 Å². The van der Waals surface area contributed by atoms with Crippen molar-refractivity contribution in [2.24, 2.45) is 11.8 Å². The Morgan fingerprint density at radius 3 is 2.30 bits per heavy atom. The number of hydrogen-bond acceptors (Lipinski definition) is 0. The molecule has 0 aromatic rings. The maximum Gasteiger partial charge on any atom is 0 e. The van der Waals surface area contributed by atoms with Gasteiger partial charge in [-0.25, -0.2) is 0 Å². The van der Waals surface area contributed by atoms with Crippen LogP contribution in [0.1, 0.15) is 19.8 Å². The van der Waals surface area contributed by atoms with Crippen LogP contribution in [0.15, 0.2) is 23.8 Å². The molecule has 1 heteroatoms. The summed E-state index contributed by atoms with van der Waals surface area (Å²) in [7, 11) is 0. The largest absolute Gasteiger partial charge is 0.0956 e. The standard InChI is InChI=1S/C9H12.B/c1-6-3-7(2)9-4-8(6)5-9;/h3,8-9H,1,4-5H2,2H3;. The number of fused-ring (bicyclic) bond motifs is 1. The predicted octanol–water partition coefficient (Wildman–Crippen LogP) is 2.15. The maximum atomic E-state index is 4.01. The second-order valence-electron chi connectivity index (χ2n) is 3.33. The normalized spacial score (nSPS) is 35.7. The van der Waals surface area contributed by atoms with Crippen LogP contribution in [0.5, 0.6) is 0 Å². The lowest BCUT2D eigenvalue weighted by Crippen LogP contribution is -2.29. The molecule has 0 heterocycles. The molecule has 0 spiro atoms. The van der Waals surface area contributed by atoms with Crippen LogP contribution in [-0.2, 0) is 0 Å². The molecule has 1 fully saturated rings. The zero-order chi connectivity index (χ0) is 6.43. The zero-order valence-electron chi connectivity index (χ0n) is 6.43. The molecule has 3 radical (unpaired) electrons. The van der Waals surface area contributed by atoms with Crippen LogP contribution in [0.2, 0.25) is 0 Å². The first-order chi connectivity index (χ1) is 4.27. The van der Waals surface area contributed by atoms with Crippen LogP contribution in [0.4, 0.5) is 0 Å². The summed E-state index contributed by atoms with van der Waals surface area (Å²) in [6.45, 7) is 6.23. The molecule has 0 aromatic carbocycles. The van der Waals surface area contributed by atoms with E-state index in [4.69, 9.17) is 0 Å². The third kappa shape index (κ3) is 0.846. The van der Waals surface area contributed by atoms with Crippen molar-refractivity contribution in [1.82, 2.24) is 0 Å². The predicted molar refractivity (Wildman–Crippen MR) is 44.9 cm³/mol. The van der Waals surface area contributed by atoms with Crippen LogP contribution in [0, 0.1) is 11.8 Å². The van der Waals surface area contributed by atoms with Gasteiger partial charge in [0.25, 0.3) is 0 Å². The molecule has 2 bridgehead atoms. The SMILES string of the molecule is C=C1C=C(C)C2CC1C2.[B]. The van der Waals surface area contributed by atoms with E-state index in [1.165, 1.54) is 18.4 Å². The van der Waals surface area contributed by atoms with Crippen molar-refractivity contribution in [2.75, 3.05) is 0 Å². The quantitative estimate of drug-likeness (QED) is 0.442. The molecule has 0 saturated heterocycles. The van der Waals surface area contributed by atoms with E-state index in [1.807, 2.05) is 0 Å². The van der Waals surface area contributed by atoms with E-state index in [-0.39, 0.29) is 8.41 Å². The van der Waals surface area contributed by atoms with Gasteiger partial charge in [0.2, 0.25) is 0 Å². The molecule has 0 N–H and O–H groups in total. The fourth-order valence-corrected chi connectivity index (χ4v) is 1.82. The van der Waals surface area contributed by atoms with Crippen molar-refractivity contribution in [3.8, 4) is 0 Å². The highest BCUT2D eigenvalue weighted by molar-refractivity contribution is 5.75. The summed E-state index contributed by atoms with van der Waals surface area (Å²) in [4.78, 5) is 0. The molecule has 0 unspecified atom stereocenters. The third-order valence-corrected chi connectivity index (χ3v) is 2.72. The van der Waals surface area contributed by atoms with E-state index in [1.54, 1.807) is 5.57 Å². The van der Waals surface area contributed by atoms with E-state index >= 15 is 0 Å². The molecule has 3 rings (SSSR count). The Labute approximate surface area is 64.6 Å². The second kappa shape index (κ2) is 2.30. The molecule has 3 aliphatic rings. The van der Waals surface area contributed by atoms with Gasteiger partial charge in [-0.05, 0) is 31.6 Å². The minimum atomic E-state index is 0. The van der Waals surface area contributed by atoms with E-state index in [0.29, 0.717) is 0 Å². The number of rotatable bonds is 0. The minimum absolute atomic E-state index is 0. The van der Waals surface area contributed by atoms with Crippen molar-refractivity contribution in [3.05, 3.63) is 23.8 Å². The second-order valence-corrected chi connectivity index (χ2v) is 3.33. The van der Waals surface area contributed by atoms with E-state index < -0.39 is 0 Å². The fourth-order valence-electron chi connectivity index (χ4n) is 1.82. The van der Waals surface area contributed by atoms with Gasteiger partial charge in [0.15, 0.2) is 0 Å². The minimum Gasteiger partial charge on any atom is -0.0956 e. The maximum absolute atomic E-state index is 4.01. The number of hydrogen-bond donors (Lipinski definition) is 0. The molecule has 0 aliphatic heterocycles. The molecule has 0 atom stereocenters. The van der Waals surface area contributed by atoms with Gasteiger partial charge in [0.1, 0.15) is 0 Å². The summed E-state index contributed by atoms with van der Waals surface area (Å²) in [5.74, 6) is 1.79. The summed E-state index contributed by atoms with van der Waals surface area (Å²) in [5, 5.41) is 0. The van der Waals surface area contributed by atoms with Crippen LogP contribution in [0.3, 0.4) is 0 Å². The first kappa shape index (κ1) is 7.65. The monoisotopic (exact) mass is 131 g/mol. The van der Waals surface area contributed by atoms with Crippen LogP contribution in [0.25, 0.3) is 0 Å². The lowest BCUT2D eigenvalue weighted by Gasteiger charge is -2.41. The van der Waals surface area contributed by atoms with Gasteiger partial charge in [0, 0.05) is 8.41 Å². The van der Waals surface area contributed by atoms with E-state index in [2.05, 4.69) is 19.6 Å². The highest BCUT2D eigenvalue weighted by atomic mass is 14.4. The highest BCUT2D eigenvalue weighted by Crippen LogP contribution is 2.47. The lowest BCUT2D eigenvalue weighted by atomic mass is 9.64. The smallest absolute Gasteiger partial charge is 0 e. The van der Waals surface area contributed by atoms with Crippen LogP contribution >= 0.6 is 0 Å². The van der Waals surface area contributed by atoms with Gasteiger partial charge >= 0.3 is 0 Å². The van der Waals surface area contributed by atoms with Gasteiger partial charge in [0.05, 0.1) is 0 Å². The van der Waals surface area contributed by atoms with Gasteiger partial charge < -0.3 is 0 Å². The molecule has 0 amide bonds. The Balaban J connectivity index is 0.000000500. The van der Waals surface area contributed by atoms with Crippen molar-refractivity contribution >= 4 is 8.41 Å². The molecule has 10 heavy (non-hydrogen) atoms. The molecular weight excluding hydrogens is 119 g/mol. The molecule has 51 valence electrons. The van der Waals surface area contributed by atoms with Crippen molar-refractivity contribution < 1.29 is 0 Å². The summed E-state index contributed by atoms with van der Waals surface area (Å²) in [5.41, 5.74) is 2.93.